The van der Waals surface area contributed by atoms with Crippen LogP contribution in [0.25, 0.3) is 21.9 Å². The molecule has 162 valence electrons. The van der Waals surface area contributed by atoms with E-state index in [-0.39, 0.29) is 22.0 Å². The number of sulfone groups is 1. The number of aliphatic carboxylic acids is 1. The predicted molar refractivity (Wildman–Crippen MR) is 119 cm³/mol. The lowest BCUT2D eigenvalue weighted by Gasteiger charge is -2.16. The van der Waals surface area contributed by atoms with Crippen molar-refractivity contribution >= 4 is 26.6 Å². The van der Waals surface area contributed by atoms with Gasteiger partial charge in [-0.25, -0.2) is 12.8 Å². The van der Waals surface area contributed by atoms with Crippen LogP contribution in [0.1, 0.15) is 11.1 Å². The van der Waals surface area contributed by atoms with Gasteiger partial charge in [0, 0.05) is 0 Å². The SMILES string of the molecule is Cc1c(CC(=O)O)cc2ccc(F)cc2c1-c1ccc(S(=O)(=O)c2ccccc2O)cc1. The minimum atomic E-state index is -3.94. The summed E-state index contributed by atoms with van der Waals surface area (Å²) in [5.74, 6) is -1.75. The van der Waals surface area contributed by atoms with Crippen molar-refractivity contribution < 1.29 is 27.8 Å². The van der Waals surface area contributed by atoms with Crippen LogP contribution >= 0.6 is 0 Å². The van der Waals surface area contributed by atoms with Gasteiger partial charge in [-0.1, -0.05) is 36.4 Å². The van der Waals surface area contributed by atoms with E-state index >= 15 is 0 Å². The number of carboxylic acids is 1. The maximum absolute atomic E-state index is 14.0. The molecule has 0 saturated carbocycles. The van der Waals surface area contributed by atoms with E-state index in [1.54, 1.807) is 31.2 Å². The molecule has 0 aromatic heterocycles. The van der Waals surface area contributed by atoms with Crippen molar-refractivity contribution in [2.75, 3.05) is 0 Å². The van der Waals surface area contributed by atoms with Crippen LogP contribution in [0, 0.1) is 12.7 Å². The molecule has 0 unspecified atom stereocenters. The summed E-state index contributed by atoms with van der Waals surface area (Å²) >= 11 is 0. The van der Waals surface area contributed by atoms with E-state index in [1.807, 2.05) is 0 Å². The minimum absolute atomic E-state index is 0.00224. The van der Waals surface area contributed by atoms with E-state index in [0.29, 0.717) is 33.0 Å². The van der Waals surface area contributed by atoms with E-state index in [4.69, 9.17) is 0 Å². The molecule has 4 aromatic carbocycles. The first-order valence-electron chi connectivity index (χ1n) is 9.75. The number of carboxylic acid groups (broad SMARTS) is 1. The maximum atomic E-state index is 14.0. The Morgan fingerprint density at radius 3 is 2.31 bits per heavy atom. The van der Waals surface area contributed by atoms with Gasteiger partial charge in [0.05, 0.1) is 11.3 Å². The van der Waals surface area contributed by atoms with Crippen molar-refractivity contribution in [2.45, 2.75) is 23.1 Å². The molecule has 0 radical (unpaired) electrons. The third kappa shape index (κ3) is 3.83. The van der Waals surface area contributed by atoms with Crippen LogP contribution in [-0.4, -0.2) is 24.6 Å². The average molecular weight is 450 g/mol. The minimum Gasteiger partial charge on any atom is -0.507 e. The second kappa shape index (κ2) is 8.09. The van der Waals surface area contributed by atoms with Gasteiger partial charge >= 0.3 is 5.97 Å². The highest BCUT2D eigenvalue weighted by Gasteiger charge is 2.22. The summed E-state index contributed by atoms with van der Waals surface area (Å²) in [6.45, 7) is 1.77. The first kappa shape index (κ1) is 21.5. The quantitative estimate of drug-likeness (QED) is 0.440. The summed E-state index contributed by atoms with van der Waals surface area (Å²) < 4.78 is 39.9. The topological polar surface area (TPSA) is 91.7 Å². The Morgan fingerprint density at radius 2 is 1.66 bits per heavy atom. The van der Waals surface area contributed by atoms with Crippen molar-refractivity contribution in [2.24, 2.45) is 0 Å². The van der Waals surface area contributed by atoms with Gasteiger partial charge in [-0.15, -0.1) is 0 Å². The lowest BCUT2D eigenvalue weighted by Crippen LogP contribution is -2.04. The van der Waals surface area contributed by atoms with Crippen LogP contribution in [0.2, 0.25) is 0 Å². The average Bonchev–Trinajstić information content (AvgIpc) is 2.75. The molecular weight excluding hydrogens is 431 g/mol. The van der Waals surface area contributed by atoms with Gasteiger partial charge in [0.2, 0.25) is 9.84 Å². The van der Waals surface area contributed by atoms with Crippen LogP contribution in [0.5, 0.6) is 5.75 Å². The Hall–Kier alpha value is -3.71. The van der Waals surface area contributed by atoms with Crippen LogP contribution in [-0.2, 0) is 21.1 Å². The fourth-order valence-corrected chi connectivity index (χ4v) is 5.21. The van der Waals surface area contributed by atoms with E-state index in [2.05, 4.69) is 0 Å². The number of rotatable bonds is 5. The summed E-state index contributed by atoms with van der Waals surface area (Å²) in [5.41, 5.74) is 2.55. The van der Waals surface area contributed by atoms with Crippen LogP contribution < -0.4 is 0 Å². The van der Waals surface area contributed by atoms with E-state index in [1.165, 1.54) is 48.5 Å². The predicted octanol–water partition coefficient (Wildman–Crippen LogP) is 5.12. The second-order valence-corrected chi connectivity index (χ2v) is 9.39. The molecular formula is C25H19FO5S. The Kier molecular flexibility index (Phi) is 5.44. The number of carbonyl (C=O) groups is 1. The fraction of sp³-hybridized carbons (Fsp3) is 0.0800. The third-order valence-electron chi connectivity index (χ3n) is 5.42. The molecule has 0 fully saturated rings. The highest BCUT2D eigenvalue weighted by molar-refractivity contribution is 7.91. The van der Waals surface area contributed by atoms with Crippen LogP contribution in [0.15, 0.2) is 82.6 Å². The molecule has 0 heterocycles. The Labute approximate surface area is 184 Å². The molecule has 5 nitrogen and oxygen atoms in total. The molecule has 32 heavy (non-hydrogen) atoms. The maximum Gasteiger partial charge on any atom is 0.307 e. The number of phenolic OH excluding ortho intramolecular Hbond substituents is 1. The van der Waals surface area contributed by atoms with Crippen molar-refractivity contribution in [3.63, 3.8) is 0 Å². The number of fused-ring (bicyclic) bond motifs is 1. The molecule has 0 amide bonds. The number of benzene rings is 4. The summed E-state index contributed by atoms with van der Waals surface area (Å²) in [6, 6.07) is 17.8. The van der Waals surface area contributed by atoms with Crippen LogP contribution in [0.4, 0.5) is 4.39 Å². The molecule has 0 aliphatic rings. The van der Waals surface area contributed by atoms with Gasteiger partial charge < -0.3 is 10.2 Å². The summed E-state index contributed by atoms with van der Waals surface area (Å²) in [7, 11) is -3.94. The first-order valence-corrected chi connectivity index (χ1v) is 11.2. The van der Waals surface area contributed by atoms with Gasteiger partial charge in [-0.05, 0) is 76.3 Å². The van der Waals surface area contributed by atoms with Gasteiger partial charge in [-0.2, -0.15) is 0 Å². The Bertz CT molecular complexity index is 1460. The zero-order chi connectivity index (χ0) is 23.0. The van der Waals surface area contributed by atoms with E-state index in [0.717, 1.165) is 0 Å². The Balaban J connectivity index is 1.88. The van der Waals surface area contributed by atoms with Crippen molar-refractivity contribution in [1.82, 2.24) is 0 Å². The van der Waals surface area contributed by atoms with E-state index < -0.39 is 21.6 Å². The zero-order valence-electron chi connectivity index (χ0n) is 17.0. The van der Waals surface area contributed by atoms with Gasteiger partial charge in [0.1, 0.15) is 16.5 Å². The van der Waals surface area contributed by atoms with Crippen molar-refractivity contribution in [3.05, 3.63) is 89.7 Å². The summed E-state index contributed by atoms with van der Waals surface area (Å²) in [4.78, 5) is 11.1. The van der Waals surface area contributed by atoms with Crippen molar-refractivity contribution in [1.29, 1.82) is 0 Å². The van der Waals surface area contributed by atoms with Crippen molar-refractivity contribution in [3.8, 4) is 16.9 Å². The standard InChI is InChI=1S/C25H19FO5S/c1-15-18(13-24(28)29)12-17-6-9-19(26)14-21(17)25(15)16-7-10-20(11-8-16)32(30,31)23-5-3-2-4-22(23)27/h2-12,14,27H,13H2,1H3,(H,28,29). The normalized spacial score (nSPS) is 11.6. The lowest BCUT2D eigenvalue weighted by molar-refractivity contribution is -0.136. The smallest absolute Gasteiger partial charge is 0.307 e. The largest absolute Gasteiger partial charge is 0.507 e. The van der Waals surface area contributed by atoms with Gasteiger partial charge in [0.15, 0.2) is 0 Å². The highest BCUT2D eigenvalue weighted by Crippen LogP contribution is 2.36. The van der Waals surface area contributed by atoms with Gasteiger partial charge in [-0.3, -0.25) is 4.79 Å². The number of hydrogen-bond acceptors (Lipinski definition) is 4. The number of hydrogen-bond donors (Lipinski definition) is 2. The number of aromatic hydroxyl groups is 1. The molecule has 0 aliphatic heterocycles. The molecule has 0 atom stereocenters. The monoisotopic (exact) mass is 450 g/mol. The molecule has 2 N–H and O–H groups in total. The third-order valence-corrected chi connectivity index (χ3v) is 7.24. The molecule has 0 aliphatic carbocycles. The second-order valence-electron chi connectivity index (χ2n) is 7.47. The first-order chi connectivity index (χ1) is 15.2. The van der Waals surface area contributed by atoms with Crippen LogP contribution in [0.3, 0.4) is 0 Å². The number of halogens is 1. The molecule has 0 saturated heterocycles. The molecule has 7 heteroatoms. The van der Waals surface area contributed by atoms with Gasteiger partial charge in [0.25, 0.3) is 0 Å². The number of para-hydroxylation sites is 1. The molecule has 4 rings (SSSR count). The summed E-state index contributed by atoms with van der Waals surface area (Å²) in [5, 5.41) is 20.5. The Morgan fingerprint density at radius 1 is 0.969 bits per heavy atom. The fourth-order valence-electron chi connectivity index (χ4n) is 3.86. The van der Waals surface area contributed by atoms with E-state index in [9.17, 15) is 27.8 Å². The lowest BCUT2D eigenvalue weighted by atomic mass is 9.89. The molecule has 4 aromatic rings. The molecule has 0 spiro atoms. The number of phenols is 1. The highest BCUT2D eigenvalue weighted by atomic mass is 32.2. The summed E-state index contributed by atoms with van der Waals surface area (Å²) in [6.07, 6.45) is -0.189. The molecule has 0 bridgehead atoms. The zero-order valence-corrected chi connectivity index (χ0v) is 17.9.